The minimum absolute atomic E-state index is 0.000980. The van der Waals surface area contributed by atoms with Crippen LogP contribution in [0.25, 0.3) is 0 Å². The van der Waals surface area contributed by atoms with E-state index < -0.39 is 0 Å². The van der Waals surface area contributed by atoms with Gasteiger partial charge in [0.1, 0.15) is 5.75 Å². The molecule has 112 valence electrons. The van der Waals surface area contributed by atoms with Crippen molar-refractivity contribution in [3.05, 3.63) is 29.8 Å². The fraction of sp³-hybridized carbons (Fsp3) is 0.562. The van der Waals surface area contributed by atoms with Crippen molar-refractivity contribution in [1.82, 2.24) is 4.90 Å². The second-order valence-corrected chi connectivity index (χ2v) is 4.69. The van der Waals surface area contributed by atoms with Crippen LogP contribution in [-0.2, 0) is 0 Å². The monoisotopic (exact) mass is 279 g/mol. The Hall–Kier alpha value is -1.55. The Labute approximate surface area is 121 Å². The van der Waals surface area contributed by atoms with Crippen LogP contribution in [0.5, 0.6) is 5.75 Å². The molecule has 0 fully saturated rings. The van der Waals surface area contributed by atoms with Gasteiger partial charge >= 0.3 is 0 Å². The Morgan fingerprint density at radius 3 is 2.45 bits per heavy atom. The minimum atomic E-state index is 0.000980. The number of carbonyl (C=O) groups excluding carboxylic acids is 1. The molecule has 1 aromatic rings. The number of benzene rings is 1. The van der Waals surface area contributed by atoms with E-state index in [9.17, 15) is 4.79 Å². The molecule has 20 heavy (non-hydrogen) atoms. The molecule has 0 aromatic heterocycles. The van der Waals surface area contributed by atoms with Gasteiger partial charge in [0.05, 0.1) is 6.61 Å². The van der Waals surface area contributed by atoms with Gasteiger partial charge in [0, 0.05) is 25.3 Å². The van der Waals surface area contributed by atoms with Crippen molar-refractivity contribution in [2.75, 3.05) is 26.3 Å². The summed E-state index contributed by atoms with van der Waals surface area (Å²) in [5, 5.41) is 8.85. The molecular formula is C16H25NO3. The first-order valence-electron chi connectivity index (χ1n) is 7.35. The Bertz CT molecular complexity index is 389. The molecule has 4 heteroatoms. The van der Waals surface area contributed by atoms with Gasteiger partial charge in [0.2, 0.25) is 0 Å². The largest absolute Gasteiger partial charge is 0.494 e. The SMILES string of the molecule is CCCCOc1ccc(C(=O)N(CC)CCCO)cc1. The molecule has 0 aliphatic rings. The summed E-state index contributed by atoms with van der Waals surface area (Å²) in [5.74, 6) is 0.800. The van der Waals surface area contributed by atoms with E-state index >= 15 is 0 Å². The number of aliphatic hydroxyl groups excluding tert-OH is 1. The second-order valence-electron chi connectivity index (χ2n) is 4.69. The van der Waals surface area contributed by atoms with Crippen molar-refractivity contribution in [2.45, 2.75) is 33.1 Å². The average Bonchev–Trinajstić information content (AvgIpc) is 2.49. The van der Waals surface area contributed by atoms with Crippen molar-refractivity contribution in [2.24, 2.45) is 0 Å². The highest BCUT2D eigenvalue weighted by Gasteiger charge is 2.13. The first kappa shape index (κ1) is 16.5. The van der Waals surface area contributed by atoms with Crippen molar-refractivity contribution in [1.29, 1.82) is 0 Å². The Morgan fingerprint density at radius 1 is 1.20 bits per heavy atom. The molecule has 0 unspecified atom stereocenters. The van der Waals surface area contributed by atoms with Gasteiger partial charge in [-0.15, -0.1) is 0 Å². The zero-order valence-electron chi connectivity index (χ0n) is 12.5. The zero-order chi connectivity index (χ0) is 14.8. The Kier molecular flexibility index (Phi) is 7.73. The first-order chi connectivity index (χ1) is 9.72. The molecule has 1 rings (SSSR count). The number of nitrogens with zero attached hydrogens (tertiary/aromatic N) is 1. The number of ether oxygens (including phenoxy) is 1. The van der Waals surface area contributed by atoms with E-state index in [0.29, 0.717) is 31.7 Å². The number of unbranched alkanes of at least 4 members (excludes halogenated alkanes) is 1. The van der Waals surface area contributed by atoms with E-state index in [1.807, 2.05) is 19.1 Å². The summed E-state index contributed by atoms with van der Waals surface area (Å²) >= 11 is 0. The summed E-state index contributed by atoms with van der Waals surface area (Å²) < 4.78 is 5.57. The van der Waals surface area contributed by atoms with Crippen LogP contribution in [0.15, 0.2) is 24.3 Å². The van der Waals surface area contributed by atoms with Gasteiger partial charge < -0.3 is 14.7 Å². The molecule has 0 spiro atoms. The third kappa shape index (κ3) is 5.21. The van der Waals surface area contributed by atoms with Crippen LogP contribution in [0.2, 0.25) is 0 Å². The summed E-state index contributed by atoms with van der Waals surface area (Å²) in [6.07, 6.45) is 2.75. The minimum Gasteiger partial charge on any atom is -0.494 e. The normalized spacial score (nSPS) is 10.3. The van der Waals surface area contributed by atoms with Gasteiger partial charge in [0.25, 0.3) is 5.91 Å². The summed E-state index contributed by atoms with van der Waals surface area (Å²) in [4.78, 5) is 14.0. The molecule has 0 radical (unpaired) electrons. The van der Waals surface area contributed by atoms with Crippen LogP contribution in [0, 0.1) is 0 Å². The van der Waals surface area contributed by atoms with E-state index in [1.54, 1.807) is 17.0 Å². The second kappa shape index (κ2) is 9.37. The molecule has 0 bridgehead atoms. The van der Waals surface area contributed by atoms with Gasteiger partial charge in [-0.2, -0.15) is 0 Å². The van der Waals surface area contributed by atoms with Gasteiger partial charge in [-0.25, -0.2) is 0 Å². The summed E-state index contributed by atoms with van der Waals surface area (Å²) in [7, 11) is 0. The smallest absolute Gasteiger partial charge is 0.253 e. The Morgan fingerprint density at radius 2 is 1.90 bits per heavy atom. The van der Waals surface area contributed by atoms with Gasteiger partial charge in [-0.3, -0.25) is 4.79 Å². The standard InChI is InChI=1S/C16H25NO3/c1-3-5-13-20-15-9-7-14(8-10-15)16(19)17(4-2)11-6-12-18/h7-10,18H,3-6,11-13H2,1-2H3. The van der Waals surface area contributed by atoms with Gasteiger partial charge in [-0.05, 0) is 44.0 Å². The number of hydrogen-bond donors (Lipinski definition) is 1. The third-order valence-electron chi connectivity index (χ3n) is 3.12. The molecule has 1 amide bonds. The van der Waals surface area contributed by atoms with E-state index in [-0.39, 0.29) is 12.5 Å². The predicted octanol–water partition coefficient (Wildman–Crippen LogP) is 2.71. The number of hydrogen-bond acceptors (Lipinski definition) is 3. The molecule has 0 atom stereocenters. The zero-order valence-corrected chi connectivity index (χ0v) is 12.5. The molecule has 0 saturated carbocycles. The Balaban J connectivity index is 2.59. The molecule has 0 aliphatic carbocycles. The van der Waals surface area contributed by atoms with Gasteiger partial charge in [0.15, 0.2) is 0 Å². The van der Waals surface area contributed by atoms with E-state index in [1.165, 1.54) is 0 Å². The summed E-state index contributed by atoms with van der Waals surface area (Å²) in [6, 6.07) is 7.27. The fourth-order valence-electron chi connectivity index (χ4n) is 1.88. The van der Waals surface area contributed by atoms with Crippen LogP contribution < -0.4 is 4.74 Å². The highest BCUT2D eigenvalue weighted by atomic mass is 16.5. The lowest BCUT2D eigenvalue weighted by Gasteiger charge is -2.20. The molecule has 4 nitrogen and oxygen atoms in total. The maximum absolute atomic E-state index is 12.3. The topological polar surface area (TPSA) is 49.8 Å². The summed E-state index contributed by atoms with van der Waals surface area (Å²) in [5.41, 5.74) is 0.660. The number of amides is 1. The lowest BCUT2D eigenvalue weighted by molar-refractivity contribution is 0.0754. The molecule has 0 saturated heterocycles. The average molecular weight is 279 g/mol. The highest BCUT2D eigenvalue weighted by molar-refractivity contribution is 5.94. The van der Waals surface area contributed by atoms with Crippen molar-refractivity contribution in [3.63, 3.8) is 0 Å². The maximum atomic E-state index is 12.3. The van der Waals surface area contributed by atoms with Crippen LogP contribution in [0.4, 0.5) is 0 Å². The van der Waals surface area contributed by atoms with Crippen LogP contribution in [0.1, 0.15) is 43.5 Å². The van der Waals surface area contributed by atoms with Crippen molar-refractivity contribution < 1.29 is 14.6 Å². The van der Waals surface area contributed by atoms with Crippen LogP contribution in [0.3, 0.4) is 0 Å². The van der Waals surface area contributed by atoms with Crippen molar-refractivity contribution >= 4 is 5.91 Å². The first-order valence-corrected chi connectivity index (χ1v) is 7.35. The van der Waals surface area contributed by atoms with Crippen LogP contribution >= 0.6 is 0 Å². The van der Waals surface area contributed by atoms with Crippen LogP contribution in [-0.4, -0.2) is 42.2 Å². The highest BCUT2D eigenvalue weighted by Crippen LogP contribution is 2.14. The van der Waals surface area contributed by atoms with E-state index in [0.717, 1.165) is 18.6 Å². The lowest BCUT2D eigenvalue weighted by Crippen LogP contribution is -2.32. The van der Waals surface area contributed by atoms with E-state index in [4.69, 9.17) is 9.84 Å². The number of rotatable bonds is 9. The molecule has 1 aromatic carbocycles. The van der Waals surface area contributed by atoms with Gasteiger partial charge in [-0.1, -0.05) is 13.3 Å². The number of aliphatic hydroxyl groups is 1. The predicted molar refractivity (Wildman–Crippen MR) is 80.1 cm³/mol. The maximum Gasteiger partial charge on any atom is 0.253 e. The lowest BCUT2D eigenvalue weighted by atomic mass is 10.2. The quantitative estimate of drug-likeness (QED) is 0.707. The summed E-state index contributed by atoms with van der Waals surface area (Å²) in [6.45, 7) is 6.11. The molecule has 1 N–H and O–H groups in total. The molecule has 0 heterocycles. The van der Waals surface area contributed by atoms with E-state index in [2.05, 4.69) is 6.92 Å². The molecule has 0 aliphatic heterocycles. The molecular weight excluding hydrogens is 254 g/mol. The number of carbonyl (C=O) groups is 1. The van der Waals surface area contributed by atoms with Crippen molar-refractivity contribution in [3.8, 4) is 5.75 Å². The third-order valence-corrected chi connectivity index (χ3v) is 3.12. The fourth-order valence-corrected chi connectivity index (χ4v) is 1.88.